The van der Waals surface area contributed by atoms with E-state index in [0.717, 1.165) is 12.1 Å². The summed E-state index contributed by atoms with van der Waals surface area (Å²) in [6, 6.07) is 3.58. The van der Waals surface area contributed by atoms with Gasteiger partial charge in [0.25, 0.3) is 0 Å². The topological polar surface area (TPSA) is 0 Å². The molecule has 0 aromatic heterocycles. The van der Waals surface area contributed by atoms with E-state index < -0.39 is 12.4 Å². The Morgan fingerprint density at radius 3 is 2.27 bits per heavy atom. The number of halogens is 3. The van der Waals surface area contributed by atoms with Crippen LogP contribution in [0.2, 0.25) is 0 Å². The summed E-state index contributed by atoms with van der Waals surface area (Å²) < 4.78 is 37.2. The van der Waals surface area contributed by atoms with E-state index in [1.807, 2.05) is 0 Å². The molecule has 0 fully saturated rings. The molecule has 0 N–H and O–H groups in total. The van der Waals surface area contributed by atoms with Crippen LogP contribution in [0.3, 0.4) is 0 Å². The van der Waals surface area contributed by atoms with Gasteiger partial charge in [0.1, 0.15) is 0 Å². The molecule has 1 aromatic carbocycles. The van der Waals surface area contributed by atoms with Crippen LogP contribution in [-0.4, -0.2) is 6.98 Å². The summed E-state index contributed by atoms with van der Waals surface area (Å²) >= 11 is 3.91. The Morgan fingerprint density at radius 2 is 1.87 bits per heavy atom. The van der Waals surface area contributed by atoms with Crippen LogP contribution in [0, 0.1) is 12.3 Å². The van der Waals surface area contributed by atoms with E-state index in [1.54, 1.807) is 0 Å². The summed E-state index contributed by atoms with van der Waals surface area (Å²) in [7, 11) is 0. The van der Waals surface area contributed by atoms with Crippen LogP contribution in [0.4, 0.5) is 12.9 Å². The molecule has 6 heteroatoms. The van der Waals surface area contributed by atoms with Gasteiger partial charge in [-0.3, -0.25) is 0 Å². The third-order valence-electron chi connectivity index (χ3n) is 1.74. The van der Waals surface area contributed by atoms with Crippen LogP contribution in [-0.2, 0) is 5.75 Å². The van der Waals surface area contributed by atoms with Gasteiger partial charge in [-0.15, -0.1) is 11.9 Å². The molecule has 0 saturated heterocycles. The first-order valence-corrected chi connectivity index (χ1v) is 4.52. The maximum absolute atomic E-state index is 12.4. The molecule has 0 nitrogen and oxygen atoms in total. The molecule has 0 bridgehead atoms. The van der Waals surface area contributed by atoms with E-state index in [4.69, 9.17) is 6.42 Å². The fraction of sp³-hybridized carbons (Fsp3) is 0.111. The molecule has 0 radical (unpaired) electrons. The SMILES string of the molecule is C#Cc1cc(CS)cc([B-](F)(F)F)c1.[K+]. The van der Waals surface area contributed by atoms with Crippen molar-refractivity contribution in [3.63, 3.8) is 0 Å². The van der Waals surface area contributed by atoms with Crippen molar-refractivity contribution in [3.05, 3.63) is 29.3 Å². The average molecular weight is 254 g/mol. The quantitative estimate of drug-likeness (QED) is 0.397. The predicted octanol–water partition coefficient (Wildman–Crippen LogP) is -0.844. The Labute approximate surface area is 135 Å². The van der Waals surface area contributed by atoms with Crippen molar-refractivity contribution in [1.29, 1.82) is 0 Å². The summed E-state index contributed by atoms with van der Waals surface area (Å²) in [4.78, 5) is 0. The van der Waals surface area contributed by atoms with E-state index in [1.165, 1.54) is 6.07 Å². The van der Waals surface area contributed by atoms with Gasteiger partial charge in [-0.25, -0.2) is 0 Å². The molecular formula is C9H7BF3KS. The second kappa shape index (κ2) is 6.38. The summed E-state index contributed by atoms with van der Waals surface area (Å²) in [5.41, 5.74) is 0.0632. The monoisotopic (exact) mass is 254 g/mol. The third kappa shape index (κ3) is 4.55. The molecule has 1 rings (SSSR count). The minimum atomic E-state index is -4.99. The largest absolute Gasteiger partial charge is 1.00 e. The number of rotatable bonds is 2. The first-order valence-electron chi connectivity index (χ1n) is 3.88. The van der Waals surface area contributed by atoms with E-state index in [0.29, 0.717) is 5.56 Å². The number of hydrogen-bond donors (Lipinski definition) is 1. The van der Waals surface area contributed by atoms with E-state index in [9.17, 15) is 12.9 Å². The van der Waals surface area contributed by atoms with Crippen molar-refractivity contribution in [1.82, 2.24) is 0 Å². The molecular weight excluding hydrogens is 247 g/mol. The zero-order chi connectivity index (χ0) is 10.8. The normalized spacial score (nSPS) is 10.3. The van der Waals surface area contributed by atoms with Gasteiger partial charge in [0.15, 0.2) is 0 Å². The van der Waals surface area contributed by atoms with Crippen LogP contribution in [0.5, 0.6) is 0 Å². The minimum absolute atomic E-state index is 0. The van der Waals surface area contributed by atoms with E-state index >= 15 is 0 Å². The molecule has 74 valence electrons. The zero-order valence-corrected chi connectivity index (χ0v) is 12.2. The van der Waals surface area contributed by atoms with Gasteiger partial charge in [0.2, 0.25) is 0 Å². The Balaban J connectivity index is 0.00000196. The van der Waals surface area contributed by atoms with Crippen molar-refractivity contribution in [2.75, 3.05) is 0 Å². The summed E-state index contributed by atoms with van der Waals surface area (Å²) in [6.45, 7) is -4.99. The standard InChI is InChI=1S/C9H7BF3S.K/c1-2-7-3-8(6-14)5-9(4-7)10(11,12)13;/h1,3-5,14H,6H2;/q-1;+1. The van der Waals surface area contributed by atoms with Crippen molar-refractivity contribution in [3.8, 4) is 12.3 Å². The fourth-order valence-electron chi connectivity index (χ4n) is 1.08. The summed E-state index contributed by atoms with van der Waals surface area (Å²) in [5, 5.41) is 0. The van der Waals surface area contributed by atoms with Crippen LogP contribution < -0.4 is 56.8 Å². The number of hydrogen-bond acceptors (Lipinski definition) is 1. The first kappa shape index (κ1) is 15.6. The second-order valence-electron chi connectivity index (χ2n) is 2.84. The maximum atomic E-state index is 12.4. The Hall–Kier alpha value is 0.621. The van der Waals surface area contributed by atoms with Crippen molar-refractivity contribution < 1.29 is 64.3 Å². The molecule has 0 aliphatic heterocycles. The fourth-order valence-corrected chi connectivity index (χ4v) is 1.26. The number of terminal acetylenes is 1. The summed E-state index contributed by atoms with van der Waals surface area (Å²) in [5.74, 6) is 2.43. The van der Waals surface area contributed by atoms with Crippen LogP contribution in [0.25, 0.3) is 0 Å². The molecule has 15 heavy (non-hydrogen) atoms. The predicted molar refractivity (Wildman–Crippen MR) is 55.8 cm³/mol. The van der Waals surface area contributed by atoms with Crippen molar-refractivity contribution >= 4 is 25.1 Å². The van der Waals surface area contributed by atoms with Crippen LogP contribution >= 0.6 is 12.6 Å². The number of benzene rings is 1. The molecule has 0 atom stereocenters. The van der Waals surface area contributed by atoms with Crippen LogP contribution in [0.15, 0.2) is 18.2 Å². The third-order valence-corrected chi connectivity index (χ3v) is 2.11. The van der Waals surface area contributed by atoms with Crippen LogP contribution in [0.1, 0.15) is 11.1 Å². The van der Waals surface area contributed by atoms with Gasteiger partial charge < -0.3 is 12.9 Å². The van der Waals surface area contributed by atoms with Crippen molar-refractivity contribution in [2.24, 2.45) is 0 Å². The van der Waals surface area contributed by atoms with Gasteiger partial charge in [-0.05, 0) is 11.6 Å². The smallest absolute Gasteiger partial charge is 0.445 e. The molecule has 0 heterocycles. The van der Waals surface area contributed by atoms with Crippen molar-refractivity contribution in [2.45, 2.75) is 5.75 Å². The zero-order valence-electron chi connectivity index (χ0n) is 8.17. The summed E-state index contributed by atoms with van der Waals surface area (Å²) in [6.07, 6.45) is 5.05. The molecule has 0 aliphatic rings. The van der Waals surface area contributed by atoms with Gasteiger partial charge in [0.05, 0.1) is 0 Å². The number of thiol groups is 1. The van der Waals surface area contributed by atoms with E-state index in [-0.39, 0.29) is 62.7 Å². The van der Waals surface area contributed by atoms with Gasteiger partial charge in [0, 0.05) is 11.3 Å². The molecule has 0 saturated carbocycles. The minimum Gasteiger partial charge on any atom is -0.445 e. The molecule has 0 spiro atoms. The van der Waals surface area contributed by atoms with Gasteiger partial charge in [-0.1, -0.05) is 18.1 Å². The Morgan fingerprint density at radius 1 is 1.27 bits per heavy atom. The Kier molecular flexibility index (Phi) is 6.64. The van der Waals surface area contributed by atoms with Gasteiger partial charge in [-0.2, -0.15) is 12.6 Å². The molecule has 0 amide bonds. The molecule has 1 aromatic rings. The molecule has 0 aliphatic carbocycles. The Bertz CT molecular complexity index is 384. The van der Waals surface area contributed by atoms with Gasteiger partial charge >= 0.3 is 58.4 Å². The first-order chi connectivity index (χ1) is 6.47. The average Bonchev–Trinajstić information content (AvgIpc) is 2.15. The second-order valence-corrected chi connectivity index (χ2v) is 3.16. The molecule has 0 unspecified atom stereocenters. The van der Waals surface area contributed by atoms with E-state index in [2.05, 4.69) is 18.5 Å². The maximum Gasteiger partial charge on any atom is 1.00 e.